The number of aromatic nitrogens is 1. The summed E-state index contributed by atoms with van der Waals surface area (Å²) < 4.78 is 32.8. The van der Waals surface area contributed by atoms with Crippen molar-refractivity contribution in [1.29, 1.82) is 0 Å². The molecule has 2 amide bonds. The second kappa shape index (κ2) is 8.46. The molecule has 9 heteroatoms. The average molecular weight is 436 g/mol. The van der Waals surface area contributed by atoms with Gasteiger partial charge in [0.2, 0.25) is 0 Å². The fourth-order valence-corrected chi connectivity index (χ4v) is 3.20. The van der Waals surface area contributed by atoms with Crippen molar-refractivity contribution in [3.05, 3.63) is 83.2 Å². The van der Waals surface area contributed by atoms with Gasteiger partial charge in [-0.1, -0.05) is 18.2 Å². The van der Waals surface area contributed by atoms with Gasteiger partial charge in [0.05, 0.1) is 16.8 Å². The van der Waals surface area contributed by atoms with Gasteiger partial charge >= 0.3 is 0 Å². The maximum absolute atomic E-state index is 13.9. The fourth-order valence-electron chi connectivity index (χ4n) is 3.20. The van der Waals surface area contributed by atoms with Crippen molar-refractivity contribution in [2.24, 2.45) is 0 Å². The maximum Gasteiger partial charge on any atom is 0.259 e. The smallest absolute Gasteiger partial charge is 0.259 e. The molecule has 2 aromatic heterocycles. The number of nitrogens with zero attached hydrogens (tertiary/aromatic N) is 1. The molecule has 2 heterocycles. The third kappa shape index (κ3) is 4.00. The first-order valence-corrected chi connectivity index (χ1v) is 9.59. The number of aryl methyl sites for hydroxylation is 1. The highest BCUT2D eigenvalue weighted by atomic mass is 19.1. The van der Waals surface area contributed by atoms with E-state index in [0.29, 0.717) is 6.07 Å². The van der Waals surface area contributed by atoms with Crippen molar-refractivity contribution in [1.82, 2.24) is 10.3 Å². The Hall–Kier alpha value is -4.27. The molecule has 0 bridgehead atoms. The second-order valence-electron chi connectivity index (χ2n) is 7.01. The molecule has 32 heavy (non-hydrogen) atoms. The first-order valence-electron chi connectivity index (χ1n) is 9.59. The van der Waals surface area contributed by atoms with Crippen LogP contribution < -0.4 is 16.0 Å². The van der Waals surface area contributed by atoms with Gasteiger partial charge in [-0.15, -0.1) is 0 Å². The van der Waals surface area contributed by atoms with E-state index in [4.69, 9.17) is 4.42 Å². The number of para-hydroxylation sites is 1. The standard InChI is InChI=1S/C23H18F2N4O3/c1-12-5-3-4-6-18(12)28-21-19(7-13(10-27-21)22(30)26-2)29-23(31)16-11-32-20-15(16)8-14(24)9-17(20)25/h3-11H,1-2H3,(H,26,30)(H,27,28)(H,29,31). The van der Waals surface area contributed by atoms with Crippen LogP contribution in [-0.4, -0.2) is 23.8 Å². The van der Waals surface area contributed by atoms with E-state index in [-0.39, 0.29) is 33.6 Å². The number of anilines is 3. The molecule has 3 N–H and O–H groups in total. The summed E-state index contributed by atoms with van der Waals surface area (Å²) in [7, 11) is 1.47. The molecule has 0 atom stereocenters. The zero-order valence-corrected chi connectivity index (χ0v) is 17.1. The summed E-state index contributed by atoms with van der Waals surface area (Å²) in [5.41, 5.74) is 1.81. The number of nitrogens with one attached hydrogen (secondary N) is 3. The van der Waals surface area contributed by atoms with E-state index in [0.717, 1.165) is 23.6 Å². The molecule has 0 spiro atoms. The van der Waals surface area contributed by atoms with Gasteiger partial charge in [-0.3, -0.25) is 9.59 Å². The Morgan fingerprint density at radius 3 is 2.56 bits per heavy atom. The highest BCUT2D eigenvalue weighted by molar-refractivity contribution is 6.13. The van der Waals surface area contributed by atoms with Crippen LogP contribution in [0.2, 0.25) is 0 Å². The summed E-state index contributed by atoms with van der Waals surface area (Å²) in [5, 5.41) is 8.27. The van der Waals surface area contributed by atoms with Crippen LogP contribution in [0.15, 0.2) is 59.3 Å². The van der Waals surface area contributed by atoms with Crippen LogP contribution in [0.25, 0.3) is 11.0 Å². The van der Waals surface area contributed by atoms with Crippen molar-refractivity contribution >= 4 is 40.0 Å². The first-order chi connectivity index (χ1) is 15.4. The van der Waals surface area contributed by atoms with Gasteiger partial charge in [0.25, 0.3) is 11.8 Å². The summed E-state index contributed by atoms with van der Waals surface area (Å²) in [5.74, 6) is -2.55. The maximum atomic E-state index is 13.9. The van der Waals surface area contributed by atoms with Gasteiger partial charge in [0, 0.05) is 30.4 Å². The molecule has 162 valence electrons. The Balaban J connectivity index is 1.73. The lowest BCUT2D eigenvalue weighted by molar-refractivity contribution is 0.0961. The van der Waals surface area contributed by atoms with Gasteiger partial charge < -0.3 is 20.4 Å². The molecule has 2 aromatic carbocycles. The number of pyridine rings is 1. The third-order valence-corrected chi connectivity index (χ3v) is 4.86. The van der Waals surface area contributed by atoms with E-state index < -0.39 is 23.4 Å². The van der Waals surface area contributed by atoms with E-state index in [1.807, 2.05) is 31.2 Å². The quantitative estimate of drug-likeness (QED) is 0.419. The third-order valence-electron chi connectivity index (χ3n) is 4.86. The fraction of sp³-hybridized carbons (Fsp3) is 0.0870. The lowest BCUT2D eigenvalue weighted by atomic mass is 10.1. The summed E-state index contributed by atoms with van der Waals surface area (Å²) in [6.45, 7) is 1.90. The van der Waals surface area contributed by atoms with Gasteiger partial charge in [-0.05, 0) is 30.7 Å². The minimum atomic E-state index is -0.913. The molecule has 0 radical (unpaired) electrons. The highest BCUT2D eigenvalue weighted by Crippen LogP contribution is 2.29. The van der Waals surface area contributed by atoms with Crippen molar-refractivity contribution < 1.29 is 22.8 Å². The Kier molecular flexibility index (Phi) is 5.55. The number of halogens is 2. The number of carbonyl (C=O) groups is 2. The molecule has 0 aliphatic rings. The average Bonchev–Trinajstić information content (AvgIpc) is 3.20. The van der Waals surface area contributed by atoms with E-state index in [2.05, 4.69) is 20.9 Å². The summed E-state index contributed by atoms with van der Waals surface area (Å²) in [6.07, 6.45) is 2.42. The Bertz CT molecular complexity index is 1350. The molecule has 0 saturated heterocycles. The van der Waals surface area contributed by atoms with Crippen LogP contribution in [0, 0.1) is 18.6 Å². The van der Waals surface area contributed by atoms with Crippen molar-refractivity contribution in [3.63, 3.8) is 0 Å². The van der Waals surface area contributed by atoms with E-state index in [1.165, 1.54) is 19.3 Å². The summed E-state index contributed by atoms with van der Waals surface area (Å²) in [4.78, 5) is 29.3. The molecule has 0 aliphatic carbocycles. The summed E-state index contributed by atoms with van der Waals surface area (Å²) in [6, 6.07) is 10.6. The molecule has 0 unspecified atom stereocenters. The van der Waals surface area contributed by atoms with Gasteiger partial charge in [-0.2, -0.15) is 0 Å². The van der Waals surface area contributed by atoms with Gasteiger partial charge in [0.15, 0.2) is 17.2 Å². The molecule has 4 rings (SSSR count). The van der Waals surface area contributed by atoms with Gasteiger partial charge in [-0.25, -0.2) is 13.8 Å². The number of carbonyl (C=O) groups excluding carboxylic acids is 2. The van der Waals surface area contributed by atoms with Crippen molar-refractivity contribution in [2.75, 3.05) is 17.7 Å². The number of hydrogen-bond donors (Lipinski definition) is 3. The molecule has 4 aromatic rings. The SMILES string of the molecule is CNC(=O)c1cnc(Nc2ccccc2C)c(NC(=O)c2coc3c(F)cc(F)cc23)c1. The van der Waals surface area contributed by atoms with E-state index in [1.54, 1.807) is 0 Å². The number of fused-ring (bicyclic) bond motifs is 1. The predicted octanol–water partition coefficient (Wildman–Crippen LogP) is 4.77. The molecule has 0 saturated carbocycles. The number of furan rings is 1. The van der Waals surface area contributed by atoms with E-state index >= 15 is 0 Å². The minimum Gasteiger partial charge on any atom is -0.460 e. The van der Waals surface area contributed by atoms with Crippen LogP contribution in [0.1, 0.15) is 26.3 Å². The Labute approximate surface area is 181 Å². The normalized spacial score (nSPS) is 10.8. The highest BCUT2D eigenvalue weighted by Gasteiger charge is 2.20. The molecular weight excluding hydrogens is 418 g/mol. The Morgan fingerprint density at radius 1 is 1.03 bits per heavy atom. The van der Waals surface area contributed by atoms with Crippen LogP contribution in [-0.2, 0) is 0 Å². The topological polar surface area (TPSA) is 96.3 Å². The lowest BCUT2D eigenvalue weighted by Gasteiger charge is -2.14. The molecule has 0 fully saturated rings. The number of hydrogen-bond acceptors (Lipinski definition) is 5. The lowest BCUT2D eigenvalue weighted by Crippen LogP contribution is -2.19. The summed E-state index contributed by atoms with van der Waals surface area (Å²) >= 11 is 0. The zero-order valence-electron chi connectivity index (χ0n) is 17.1. The largest absolute Gasteiger partial charge is 0.460 e. The molecule has 0 aliphatic heterocycles. The molecular formula is C23H18F2N4O3. The monoisotopic (exact) mass is 436 g/mol. The van der Waals surface area contributed by atoms with Crippen LogP contribution in [0.4, 0.5) is 26.0 Å². The van der Waals surface area contributed by atoms with E-state index in [9.17, 15) is 18.4 Å². The zero-order chi connectivity index (χ0) is 22.8. The molecule has 7 nitrogen and oxygen atoms in total. The van der Waals surface area contributed by atoms with Crippen LogP contribution in [0.3, 0.4) is 0 Å². The Morgan fingerprint density at radius 2 is 1.81 bits per heavy atom. The number of amides is 2. The van der Waals surface area contributed by atoms with Crippen molar-refractivity contribution in [3.8, 4) is 0 Å². The number of benzene rings is 2. The first kappa shape index (κ1) is 21.0. The second-order valence-corrected chi connectivity index (χ2v) is 7.01. The van der Waals surface area contributed by atoms with Crippen LogP contribution in [0.5, 0.6) is 0 Å². The van der Waals surface area contributed by atoms with Crippen LogP contribution >= 0.6 is 0 Å². The van der Waals surface area contributed by atoms with Gasteiger partial charge in [0.1, 0.15) is 12.1 Å². The van der Waals surface area contributed by atoms with Crippen molar-refractivity contribution in [2.45, 2.75) is 6.92 Å². The predicted molar refractivity (Wildman–Crippen MR) is 116 cm³/mol. The number of rotatable bonds is 5. The minimum absolute atomic E-state index is 0.0103.